The van der Waals surface area contributed by atoms with E-state index in [1.807, 2.05) is 6.92 Å². The number of esters is 1. The van der Waals surface area contributed by atoms with Gasteiger partial charge in [0, 0.05) is 6.07 Å². The Morgan fingerprint density at radius 1 is 1.27 bits per heavy atom. The van der Waals surface area contributed by atoms with Crippen LogP contribution < -0.4 is 15.0 Å². The first-order valence-corrected chi connectivity index (χ1v) is 8.65. The molecule has 0 aliphatic carbocycles. The van der Waals surface area contributed by atoms with Gasteiger partial charge in [0.05, 0.1) is 19.9 Å². The maximum Gasteiger partial charge on any atom is 0.342 e. The van der Waals surface area contributed by atoms with Gasteiger partial charge in [-0.3, -0.25) is 4.79 Å². The van der Waals surface area contributed by atoms with Gasteiger partial charge in [-0.05, 0) is 18.6 Å². The summed E-state index contributed by atoms with van der Waals surface area (Å²) < 4.78 is 16.9. The summed E-state index contributed by atoms with van der Waals surface area (Å²) in [4.78, 5) is 29.3. The molecule has 0 aliphatic heterocycles. The SMILES string of the molecule is CCc1nn2c(=O)cc(COC(=O)c3cccc(OC)c3OC)nc2s1. The smallest absolute Gasteiger partial charge is 0.342 e. The summed E-state index contributed by atoms with van der Waals surface area (Å²) in [5.41, 5.74) is 0.281. The van der Waals surface area contributed by atoms with Crippen LogP contribution in [0.2, 0.25) is 0 Å². The van der Waals surface area contributed by atoms with Crippen molar-refractivity contribution in [1.29, 1.82) is 0 Å². The number of carbonyl (C=O) groups is 1. The third-order valence-corrected chi connectivity index (χ3v) is 4.67. The minimum Gasteiger partial charge on any atom is -0.493 e. The van der Waals surface area contributed by atoms with E-state index in [9.17, 15) is 9.59 Å². The lowest BCUT2D eigenvalue weighted by Crippen LogP contribution is -2.17. The van der Waals surface area contributed by atoms with E-state index in [0.29, 0.717) is 28.6 Å². The molecule has 0 atom stereocenters. The van der Waals surface area contributed by atoms with Crippen LogP contribution in [-0.4, -0.2) is 34.8 Å². The molecular weight excluding hydrogens is 358 g/mol. The second-order valence-corrected chi connectivity index (χ2v) is 6.29. The van der Waals surface area contributed by atoms with Gasteiger partial charge in [0.2, 0.25) is 4.96 Å². The van der Waals surface area contributed by atoms with Crippen molar-refractivity contribution in [3.8, 4) is 11.5 Å². The van der Waals surface area contributed by atoms with E-state index in [-0.39, 0.29) is 17.7 Å². The van der Waals surface area contributed by atoms with Crippen molar-refractivity contribution < 1.29 is 19.0 Å². The number of carbonyl (C=O) groups excluding carboxylic acids is 1. The fourth-order valence-electron chi connectivity index (χ4n) is 2.38. The van der Waals surface area contributed by atoms with E-state index in [2.05, 4.69) is 10.1 Å². The van der Waals surface area contributed by atoms with Crippen molar-refractivity contribution >= 4 is 22.3 Å². The number of ether oxygens (including phenoxy) is 3. The fourth-order valence-corrected chi connectivity index (χ4v) is 3.24. The Morgan fingerprint density at radius 2 is 2.08 bits per heavy atom. The number of rotatable bonds is 6. The van der Waals surface area contributed by atoms with Crippen molar-refractivity contribution in [2.75, 3.05) is 14.2 Å². The third-order valence-electron chi connectivity index (χ3n) is 3.62. The number of nitrogens with zero attached hydrogens (tertiary/aromatic N) is 3. The summed E-state index contributed by atoms with van der Waals surface area (Å²) in [5.74, 6) is 0.122. The fraction of sp³-hybridized carbons (Fsp3) is 0.294. The summed E-state index contributed by atoms with van der Waals surface area (Å²) in [6, 6.07) is 6.23. The maximum absolute atomic E-state index is 12.4. The van der Waals surface area contributed by atoms with Crippen LogP contribution in [0.3, 0.4) is 0 Å². The standard InChI is InChI=1S/C17H17N3O5S/c1-4-13-19-20-14(21)8-10(18-17(20)26-13)9-25-16(22)11-6-5-7-12(23-2)15(11)24-3/h5-8H,4,9H2,1-3H3. The van der Waals surface area contributed by atoms with Gasteiger partial charge in [0.15, 0.2) is 11.5 Å². The van der Waals surface area contributed by atoms with Crippen LogP contribution in [0.15, 0.2) is 29.1 Å². The molecule has 0 bridgehead atoms. The number of benzene rings is 1. The van der Waals surface area contributed by atoms with Crippen molar-refractivity contribution in [3.63, 3.8) is 0 Å². The second-order valence-electron chi connectivity index (χ2n) is 5.25. The average molecular weight is 375 g/mol. The zero-order valence-corrected chi connectivity index (χ0v) is 15.3. The molecule has 8 nitrogen and oxygen atoms in total. The van der Waals surface area contributed by atoms with Crippen LogP contribution in [0.4, 0.5) is 0 Å². The molecule has 0 spiro atoms. The van der Waals surface area contributed by atoms with Crippen LogP contribution in [0.5, 0.6) is 11.5 Å². The first-order valence-electron chi connectivity index (χ1n) is 7.84. The Kier molecular flexibility index (Phi) is 5.17. The predicted molar refractivity (Wildman–Crippen MR) is 95.2 cm³/mol. The summed E-state index contributed by atoms with van der Waals surface area (Å²) in [6.45, 7) is 1.82. The van der Waals surface area contributed by atoms with E-state index in [1.165, 1.54) is 36.1 Å². The Bertz CT molecular complexity index is 1010. The van der Waals surface area contributed by atoms with Gasteiger partial charge in [0.25, 0.3) is 5.56 Å². The highest BCUT2D eigenvalue weighted by atomic mass is 32.1. The van der Waals surface area contributed by atoms with Gasteiger partial charge < -0.3 is 14.2 Å². The Morgan fingerprint density at radius 3 is 2.77 bits per heavy atom. The van der Waals surface area contributed by atoms with E-state index < -0.39 is 5.97 Å². The minimum absolute atomic E-state index is 0.135. The van der Waals surface area contributed by atoms with Crippen molar-refractivity contribution in [3.05, 3.63) is 50.9 Å². The molecule has 0 amide bonds. The molecule has 0 saturated heterocycles. The van der Waals surface area contributed by atoms with Crippen LogP contribution in [-0.2, 0) is 17.8 Å². The molecule has 0 N–H and O–H groups in total. The summed E-state index contributed by atoms with van der Waals surface area (Å²) in [7, 11) is 2.93. The lowest BCUT2D eigenvalue weighted by Gasteiger charge is -2.11. The van der Waals surface area contributed by atoms with Crippen molar-refractivity contribution in [2.45, 2.75) is 20.0 Å². The van der Waals surface area contributed by atoms with Crippen LogP contribution >= 0.6 is 11.3 Å². The number of aryl methyl sites for hydroxylation is 1. The van der Waals surface area contributed by atoms with Crippen LogP contribution in [0.25, 0.3) is 4.96 Å². The number of hydrogen-bond acceptors (Lipinski definition) is 8. The van der Waals surface area contributed by atoms with E-state index in [1.54, 1.807) is 18.2 Å². The molecule has 0 fully saturated rings. The average Bonchev–Trinajstić information content (AvgIpc) is 3.09. The monoisotopic (exact) mass is 375 g/mol. The molecule has 1 aromatic carbocycles. The largest absolute Gasteiger partial charge is 0.493 e. The lowest BCUT2D eigenvalue weighted by molar-refractivity contribution is 0.0463. The highest BCUT2D eigenvalue weighted by molar-refractivity contribution is 7.16. The minimum atomic E-state index is -0.596. The number of para-hydroxylation sites is 1. The van der Waals surface area contributed by atoms with Gasteiger partial charge in [-0.2, -0.15) is 9.61 Å². The number of fused-ring (bicyclic) bond motifs is 1. The maximum atomic E-state index is 12.4. The highest BCUT2D eigenvalue weighted by Crippen LogP contribution is 2.31. The molecule has 0 unspecified atom stereocenters. The van der Waals surface area contributed by atoms with E-state index >= 15 is 0 Å². The molecule has 0 aliphatic rings. The lowest BCUT2D eigenvalue weighted by atomic mass is 10.2. The van der Waals surface area contributed by atoms with Crippen LogP contribution in [0, 0.1) is 0 Å². The topological polar surface area (TPSA) is 92.0 Å². The molecule has 9 heteroatoms. The molecule has 26 heavy (non-hydrogen) atoms. The van der Waals surface area contributed by atoms with E-state index in [0.717, 1.165) is 5.01 Å². The Labute approximate surface area is 153 Å². The van der Waals surface area contributed by atoms with E-state index in [4.69, 9.17) is 14.2 Å². The summed E-state index contributed by atoms with van der Waals surface area (Å²) in [6.07, 6.45) is 0.716. The van der Waals surface area contributed by atoms with Crippen molar-refractivity contribution in [1.82, 2.24) is 14.6 Å². The molecule has 3 rings (SSSR count). The third kappa shape index (κ3) is 3.38. The second kappa shape index (κ2) is 7.52. The molecule has 2 aromatic heterocycles. The Balaban J connectivity index is 1.82. The van der Waals surface area contributed by atoms with Gasteiger partial charge >= 0.3 is 5.97 Å². The predicted octanol–water partition coefficient (Wildman–Crippen LogP) is 2.09. The molecule has 0 saturated carbocycles. The highest BCUT2D eigenvalue weighted by Gasteiger charge is 2.18. The normalized spacial score (nSPS) is 10.7. The molecule has 2 heterocycles. The van der Waals surface area contributed by atoms with Gasteiger partial charge in [-0.1, -0.05) is 24.3 Å². The number of hydrogen-bond donors (Lipinski definition) is 0. The molecule has 0 radical (unpaired) electrons. The van der Waals surface area contributed by atoms with Gasteiger partial charge in [-0.15, -0.1) is 0 Å². The number of aromatic nitrogens is 3. The first kappa shape index (κ1) is 17.9. The molecule has 3 aromatic rings. The quantitative estimate of drug-likeness (QED) is 0.609. The zero-order valence-electron chi connectivity index (χ0n) is 14.5. The van der Waals surface area contributed by atoms with Crippen LogP contribution in [0.1, 0.15) is 28.0 Å². The summed E-state index contributed by atoms with van der Waals surface area (Å²) in [5, 5.41) is 4.99. The summed E-state index contributed by atoms with van der Waals surface area (Å²) >= 11 is 1.33. The Hall–Kier alpha value is -2.94. The first-order chi connectivity index (χ1) is 12.6. The molecule has 136 valence electrons. The number of methoxy groups -OCH3 is 2. The van der Waals surface area contributed by atoms with Crippen molar-refractivity contribution in [2.24, 2.45) is 0 Å². The molecular formula is C17H17N3O5S. The van der Waals surface area contributed by atoms with Gasteiger partial charge in [0.1, 0.15) is 17.2 Å². The van der Waals surface area contributed by atoms with Gasteiger partial charge in [-0.25, -0.2) is 9.78 Å². The zero-order chi connectivity index (χ0) is 18.7.